The van der Waals surface area contributed by atoms with Crippen LogP contribution in [0.15, 0.2) is 16.6 Å². The first-order valence-corrected chi connectivity index (χ1v) is 7.78. The highest BCUT2D eigenvalue weighted by Gasteiger charge is 2.34. The van der Waals surface area contributed by atoms with Crippen molar-refractivity contribution < 1.29 is 19.1 Å². The lowest BCUT2D eigenvalue weighted by molar-refractivity contribution is -0.136. The van der Waals surface area contributed by atoms with Gasteiger partial charge in [-0.25, -0.2) is 0 Å². The third-order valence-corrected chi connectivity index (χ3v) is 4.53. The quantitative estimate of drug-likeness (QED) is 0.787. The number of ether oxygens (including phenoxy) is 2. The van der Waals surface area contributed by atoms with Crippen molar-refractivity contribution in [3.8, 4) is 11.5 Å². The Labute approximate surface area is 131 Å². The van der Waals surface area contributed by atoms with Gasteiger partial charge in [-0.2, -0.15) is 0 Å². The van der Waals surface area contributed by atoms with E-state index in [2.05, 4.69) is 21.2 Å². The Bertz CT molecular complexity index is 602. The molecule has 0 aliphatic carbocycles. The minimum Gasteiger partial charge on any atom is -0.490 e. The second kappa shape index (κ2) is 5.67. The summed E-state index contributed by atoms with van der Waals surface area (Å²) in [6, 6.07) is 3.80. The number of benzene rings is 1. The first-order valence-electron chi connectivity index (χ1n) is 6.99. The normalized spacial score (nSPS) is 25.2. The Kier molecular flexibility index (Phi) is 3.89. The van der Waals surface area contributed by atoms with E-state index >= 15 is 0 Å². The molecule has 1 fully saturated rings. The van der Waals surface area contributed by atoms with Crippen LogP contribution >= 0.6 is 15.9 Å². The van der Waals surface area contributed by atoms with Gasteiger partial charge < -0.3 is 9.47 Å². The molecule has 2 atom stereocenters. The molecule has 0 bridgehead atoms. The molecule has 3 rings (SSSR count). The molecule has 21 heavy (non-hydrogen) atoms. The van der Waals surface area contributed by atoms with Crippen LogP contribution < -0.4 is 14.8 Å². The molecule has 0 spiro atoms. The van der Waals surface area contributed by atoms with Crippen molar-refractivity contribution in [2.45, 2.75) is 25.7 Å². The van der Waals surface area contributed by atoms with Crippen LogP contribution in [0.4, 0.5) is 0 Å². The van der Waals surface area contributed by atoms with Crippen molar-refractivity contribution in [3.63, 3.8) is 0 Å². The molecule has 2 unspecified atom stereocenters. The highest BCUT2D eigenvalue weighted by molar-refractivity contribution is 9.10. The van der Waals surface area contributed by atoms with Gasteiger partial charge in [0.05, 0.1) is 17.7 Å². The molecule has 2 amide bonds. The average molecular weight is 354 g/mol. The van der Waals surface area contributed by atoms with Gasteiger partial charge in [0.25, 0.3) is 0 Å². The maximum atomic E-state index is 11.8. The number of rotatable bonds is 1. The van der Waals surface area contributed by atoms with Crippen LogP contribution in [0.25, 0.3) is 0 Å². The van der Waals surface area contributed by atoms with Gasteiger partial charge in [-0.15, -0.1) is 0 Å². The fraction of sp³-hybridized carbons (Fsp3) is 0.467. The smallest absolute Gasteiger partial charge is 0.230 e. The lowest BCUT2D eigenvalue weighted by Crippen LogP contribution is -2.43. The summed E-state index contributed by atoms with van der Waals surface area (Å²) in [6.45, 7) is 3.05. The summed E-state index contributed by atoms with van der Waals surface area (Å²) in [5.74, 6) is 0.517. The van der Waals surface area contributed by atoms with E-state index in [0.717, 1.165) is 16.5 Å². The van der Waals surface area contributed by atoms with Crippen molar-refractivity contribution >= 4 is 27.7 Å². The van der Waals surface area contributed by atoms with Gasteiger partial charge >= 0.3 is 0 Å². The molecule has 1 aromatic carbocycles. The third kappa shape index (κ3) is 2.77. The van der Waals surface area contributed by atoms with Crippen molar-refractivity contribution in [2.75, 3.05) is 13.2 Å². The molecule has 0 radical (unpaired) electrons. The first-order chi connectivity index (χ1) is 10.1. The van der Waals surface area contributed by atoms with Crippen LogP contribution in [0.5, 0.6) is 11.5 Å². The first kappa shape index (κ1) is 14.4. The molecule has 5 nitrogen and oxygen atoms in total. The number of halogens is 1. The zero-order chi connectivity index (χ0) is 15.0. The van der Waals surface area contributed by atoms with E-state index in [-0.39, 0.29) is 23.7 Å². The van der Waals surface area contributed by atoms with Crippen LogP contribution in [-0.2, 0) is 9.59 Å². The SMILES string of the molecule is CC1C(=O)NC(=O)CC1c1cc(Br)c2c(c1)OCCCO2. The van der Waals surface area contributed by atoms with Crippen LogP contribution in [0, 0.1) is 5.92 Å². The molecular weight excluding hydrogens is 338 g/mol. The van der Waals surface area contributed by atoms with Crippen LogP contribution in [0.1, 0.15) is 31.2 Å². The van der Waals surface area contributed by atoms with Crippen LogP contribution in [0.3, 0.4) is 0 Å². The van der Waals surface area contributed by atoms with Gasteiger partial charge in [0.15, 0.2) is 11.5 Å². The standard InChI is InChI=1S/C15H16BrNO4/c1-8-10(7-13(18)17-15(8)19)9-5-11(16)14-12(6-9)20-3-2-4-21-14/h5-6,8,10H,2-4,7H2,1H3,(H,17,18,19). The molecule has 1 N–H and O–H groups in total. The maximum Gasteiger partial charge on any atom is 0.230 e. The summed E-state index contributed by atoms with van der Waals surface area (Å²) in [6.07, 6.45) is 1.14. The highest BCUT2D eigenvalue weighted by atomic mass is 79.9. The molecule has 0 aromatic heterocycles. The number of carbonyl (C=O) groups is 2. The van der Waals surface area contributed by atoms with Crippen LogP contribution in [-0.4, -0.2) is 25.0 Å². The second-order valence-corrected chi connectivity index (χ2v) is 6.25. The number of imide groups is 1. The van der Waals surface area contributed by atoms with E-state index in [9.17, 15) is 9.59 Å². The van der Waals surface area contributed by atoms with Gasteiger partial charge in [0, 0.05) is 24.7 Å². The molecule has 2 aliphatic heterocycles. The minimum absolute atomic E-state index is 0.139. The van der Waals surface area contributed by atoms with Gasteiger partial charge in [0.2, 0.25) is 11.8 Å². The zero-order valence-corrected chi connectivity index (χ0v) is 13.2. The van der Waals surface area contributed by atoms with E-state index in [1.807, 2.05) is 19.1 Å². The number of hydrogen-bond donors (Lipinski definition) is 1. The average Bonchev–Trinajstić information content (AvgIpc) is 2.68. The monoisotopic (exact) mass is 353 g/mol. The van der Waals surface area contributed by atoms with E-state index in [1.54, 1.807) is 0 Å². The van der Waals surface area contributed by atoms with Crippen molar-refractivity contribution in [3.05, 3.63) is 22.2 Å². The molecule has 1 saturated heterocycles. The number of amides is 2. The van der Waals surface area contributed by atoms with Crippen molar-refractivity contribution in [2.24, 2.45) is 5.92 Å². The molecule has 112 valence electrons. The predicted molar refractivity (Wildman–Crippen MR) is 79.4 cm³/mol. The van der Waals surface area contributed by atoms with Gasteiger partial charge in [0.1, 0.15) is 0 Å². The Morgan fingerprint density at radius 2 is 2.00 bits per heavy atom. The Morgan fingerprint density at radius 1 is 1.24 bits per heavy atom. The van der Waals surface area contributed by atoms with Gasteiger partial charge in [-0.3, -0.25) is 14.9 Å². The predicted octanol–water partition coefficient (Wildman–Crippen LogP) is 2.38. The summed E-state index contributed by atoms with van der Waals surface area (Å²) in [5, 5.41) is 2.37. The number of hydrogen-bond acceptors (Lipinski definition) is 4. The van der Waals surface area contributed by atoms with Crippen molar-refractivity contribution in [1.29, 1.82) is 0 Å². The van der Waals surface area contributed by atoms with E-state index in [0.29, 0.717) is 31.1 Å². The minimum atomic E-state index is -0.251. The van der Waals surface area contributed by atoms with Gasteiger partial charge in [-0.1, -0.05) is 6.92 Å². The van der Waals surface area contributed by atoms with Crippen molar-refractivity contribution in [1.82, 2.24) is 5.32 Å². The summed E-state index contributed by atoms with van der Waals surface area (Å²) < 4.78 is 12.2. The number of piperidine rings is 1. The zero-order valence-electron chi connectivity index (χ0n) is 11.6. The summed E-state index contributed by atoms with van der Waals surface area (Å²) in [5.41, 5.74) is 0.918. The molecular formula is C15H16BrNO4. The molecule has 6 heteroatoms. The Hall–Kier alpha value is -1.56. The number of fused-ring (bicyclic) bond motifs is 1. The highest BCUT2D eigenvalue weighted by Crippen LogP contribution is 2.42. The fourth-order valence-electron chi connectivity index (χ4n) is 2.73. The molecule has 2 heterocycles. The lowest BCUT2D eigenvalue weighted by atomic mass is 9.81. The molecule has 1 aromatic rings. The Balaban J connectivity index is 1.98. The maximum absolute atomic E-state index is 11.8. The topological polar surface area (TPSA) is 64.6 Å². The summed E-state index contributed by atoms with van der Waals surface area (Å²) >= 11 is 3.49. The largest absolute Gasteiger partial charge is 0.490 e. The van der Waals surface area contributed by atoms with E-state index < -0.39 is 0 Å². The summed E-state index contributed by atoms with van der Waals surface area (Å²) in [7, 11) is 0. The lowest BCUT2D eigenvalue weighted by Gasteiger charge is -2.28. The molecule has 2 aliphatic rings. The van der Waals surface area contributed by atoms with Gasteiger partial charge in [-0.05, 0) is 33.6 Å². The number of nitrogens with one attached hydrogen (secondary N) is 1. The van der Waals surface area contributed by atoms with E-state index in [4.69, 9.17) is 9.47 Å². The fourth-order valence-corrected chi connectivity index (χ4v) is 3.31. The van der Waals surface area contributed by atoms with Crippen LogP contribution in [0.2, 0.25) is 0 Å². The third-order valence-electron chi connectivity index (χ3n) is 3.94. The van der Waals surface area contributed by atoms with E-state index in [1.165, 1.54) is 0 Å². The Morgan fingerprint density at radius 3 is 2.81 bits per heavy atom. The second-order valence-electron chi connectivity index (χ2n) is 5.39. The number of carbonyl (C=O) groups excluding carboxylic acids is 2. The molecule has 0 saturated carbocycles. The summed E-state index contributed by atoms with van der Waals surface area (Å²) in [4.78, 5) is 23.4.